The van der Waals surface area contributed by atoms with Crippen LogP contribution in [0.2, 0.25) is 0 Å². The van der Waals surface area contributed by atoms with Gasteiger partial charge in [-0.05, 0) is 6.42 Å². The number of carboxylic acids is 1. The average molecular weight is 270 g/mol. The number of aryl methyl sites for hydroxylation is 1. The highest BCUT2D eigenvalue weighted by Crippen LogP contribution is 2.02. The van der Waals surface area contributed by atoms with Crippen LogP contribution in [0, 0.1) is 6.92 Å². The van der Waals surface area contributed by atoms with Gasteiger partial charge in [0.25, 0.3) is 0 Å². The number of hydrogen-bond donors (Lipinski definition) is 3. The van der Waals surface area contributed by atoms with E-state index in [1.807, 2.05) is 6.92 Å². The van der Waals surface area contributed by atoms with Crippen molar-refractivity contribution in [3.63, 3.8) is 0 Å². The van der Waals surface area contributed by atoms with Crippen LogP contribution < -0.4 is 10.6 Å². The summed E-state index contributed by atoms with van der Waals surface area (Å²) in [5.41, 5.74) is 0. The van der Waals surface area contributed by atoms with Gasteiger partial charge in [0.15, 0.2) is 5.82 Å². The number of carboxylic acid groups (broad SMARTS) is 1. The van der Waals surface area contributed by atoms with Crippen LogP contribution in [0.4, 0.5) is 4.79 Å². The highest BCUT2D eigenvalue weighted by molar-refractivity contribution is 5.75. The molecule has 2 amide bonds. The van der Waals surface area contributed by atoms with Crippen LogP contribution in [0.15, 0.2) is 4.52 Å². The third-order valence-corrected chi connectivity index (χ3v) is 2.37. The van der Waals surface area contributed by atoms with Gasteiger partial charge < -0.3 is 20.3 Å². The lowest BCUT2D eigenvalue weighted by atomic mass is 10.1. The third-order valence-electron chi connectivity index (χ3n) is 2.37. The Bertz CT molecular complexity index is 432. The molecule has 0 fully saturated rings. The lowest BCUT2D eigenvalue weighted by molar-refractivity contribution is -0.137. The topological polar surface area (TPSA) is 117 Å². The molecule has 3 N–H and O–H groups in total. The normalized spacial score (nSPS) is 11.9. The first-order valence-electron chi connectivity index (χ1n) is 6.06. The second-order valence-corrected chi connectivity index (χ2v) is 4.14. The van der Waals surface area contributed by atoms with E-state index in [0.29, 0.717) is 18.1 Å². The molecule has 0 saturated heterocycles. The summed E-state index contributed by atoms with van der Waals surface area (Å²) < 4.78 is 4.76. The van der Waals surface area contributed by atoms with Gasteiger partial charge in [-0.25, -0.2) is 4.79 Å². The van der Waals surface area contributed by atoms with Crippen LogP contribution in [-0.2, 0) is 11.3 Å². The first-order chi connectivity index (χ1) is 9.01. The molecule has 1 atom stereocenters. The maximum absolute atomic E-state index is 11.6. The van der Waals surface area contributed by atoms with Crippen molar-refractivity contribution in [2.75, 3.05) is 0 Å². The molecule has 1 rings (SSSR count). The lowest BCUT2D eigenvalue weighted by Crippen LogP contribution is -2.42. The number of aliphatic carboxylic acids is 1. The van der Waals surface area contributed by atoms with Crippen LogP contribution in [0.1, 0.15) is 37.9 Å². The molecule has 8 heteroatoms. The Hall–Kier alpha value is -2.12. The van der Waals surface area contributed by atoms with Crippen molar-refractivity contribution in [2.24, 2.45) is 0 Å². The number of nitrogens with one attached hydrogen (secondary N) is 2. The molecule has 1 aromatic rings. The van der Waals surface area contributed by atoms with E-state index >= 15 is 0 Å². The Morgan fingerprint density at radius 3 is 2.74 bits per heavy atom. The summed E-state index contributed by atoms with van der Waals surface area (Å²) in [6, 6.07) is -0.823. The number of hydrogen-bond acceptors (Lipinski definition) is 5. The molecular formula is C11H18N4O4. The first-order valence-corrected chi connectivity index (χ1v) is 6.06. The second-order valence-electron chi connectivity index (χ2n) is 4.14. The van der Waals surface area contributed by atoms with Gasteiger partial charge in [-0.2, -0.15) is 4.98 Å². The van der Waals surface area contributed by atoms with Crippen LogP contribution in [-0.4, -0.2) is 33.3 Å². The Kier molecular flexibility index (Phi) is 5.77. The summed E-state index contributed by atoms with van der Waals surface area (Å²) in [4.78, 5) is 26.2. The summed E-state index contributed by atoms with van der Waals surface area (Å²) >= 11 is 0. The fourth-order valence-corrected chi connectivity index (χ4v) is 1.59. The number of urea groups is 1. The van der Waals surface area contributed by atoms with E-state index in [-0.39, 0.29) is 19.0 Å². The fourth-order valence-electron chi connectivity index (χ4n) is 1.59. The molecule has 19 heavy (non-hydrogen) atoms. The smallest absolute Gasteiger partial charge is 0.315 e. The van der Waals surface area contributed by atoms with Gasteiger partial charge in [-0.15, -0.1) is 0 Å². The molecule has 8 nitrogen and oxygen atoms in total. The fraction of sp³-hybridized carbons (Fsp3) is 0.636. The minimum absolute atomic E-state index is 0.0947. The molecule has 1 aromatic heterocycles. The number of carbonyl (C=O) groups is 2. The third kappa shape index (κ3) is 5.84. The van der Waals surface area contributed by atoms with E-state index in [9.17, 15) is 9.59 Å². The summed E-state index contributed by atoms with van der Waals surface area (Å²) in [7, 11) is 0. The minimum Gasteiger partial charge on any atom is -0.481 e. The van der Waals surface area contributed by atoms with Gasteiger partial charge in [0.2, 0.25) is 5.89 Å². The van der Waals surface area contributed by atoms with Gasteiger partial charge in [-0.3, -0.25) is 4.79 Å². The number of amides is 2. The Labute approximate surface area is 110 Å². The summed E-state index contributed by atoms with van der Waals surface area (Å²) in [5.74, 6) is -0.141. The van der Waals surface area contributed by atoms with Gasteiger partial charge in [0.1, 0.15) is 0 Å². The monoisotopic (exact) mass is 270 g/mol. The average Bonchev–Trinajstić information content (AvgIpc) is 2.72. The SMILES string of the molecule is CCCC(CC(=O)O)NC(=O)NCc1noc(C)n1. The molecule has 0 aromatic carbocycles. The van der Waals surface area contributed by atoms with Crippen LogP contribution >= 0.6 is 0 Å². The molecule has 1 heterocycles. The number of carbonyl (C=O) groups excluding carboxylic acids is 1. The van der Waals surface area contributed by atoms with Crippen molar-refractivity contribution in [2.45, 2.75) is 45.7 Å². The molecular weight excluding hydrogens is 252 g/mol. The van der Waals surface area contributed by atoms with E-state index in [0.717, 1.165) is 6.42 Å². The van der Waals surface area contributed by atoms with E-state index in [2.05, 4.69) is 20.8 Å². The standard InChI is InChI=1S/C11H18N4O4/c1-3-4-8(5-10(16)17)14-11(18)12-6-9-13-7(2)19-15-9/h8H,3-6H2,1-2H3,(H,16,17)(H2,12,14,18). The summed E-state index contributed by atoms with van der Waals surface area (Å²) in [5, 5.41) is 17.5. The molecule has 0 aliphatic rings. The predicted octanol–water partition coefficient (Wildman–Crippen LogP) is 0.821. The van der Waals surface area contributed by atoms with E-state index in [1.54, 1.807) is 6.92 Å². The minimum atomic E-state index is -0.937. The van der Waals surface area contributed by atoms with Crippen molar-refractivity contribution < 1.29 is 19.2 Å². The highest BCUT2D eigenvalue weighted by Gasteiger charge is 2.15. The zero-order valence-corrected chi connectivity index (χ0v) is 11.0. The Morgan fingerprint density at radius 1 is 1.47 bits per heavy atom. The van der Waals surface area contributed by atoms with Crippen molar-refractivity contribution in [3.8, 4) is 0 Å². The molecule has 0 aliphatic heterocycles. The van der Waals surface area contributed by atoms with Crippen molar-refractivity contribution in [1.29, 1.82) is 0 Å². The largest absolute Gasteiger partial charge is 0.481 e. The van der Waals surface area contributed by atoms with Crippen LogP contribution in [0.3, 0.4) is 0 Å². The molecule has 0 spiro atoms. The van der Waals surface area contributed by atoms with Crippen molar-refractivity contribution in [1.82, 2.24) is 20.8 Å². The maximum Gasteiger partial charge on any atom is 0.315 e. The number of rotatable bonds is 7. The van der Waals surface area contributed by atoms with Crippen LogP contribution in [0.5, 0.6) is 0 Å². The van der Waals surface area contributed by atoms with E-state index in [4.69, 9.17) is 9.63 Å². The first kappa shape index (κ1) is 14.9. The zero-order valence-electron chi connectivity index (χ0n) is 11.0. The molecule has 0 radical (unpaired) electrons. The highest BCUT2D eigenvalue weighted by atomic mass is 16.5. The zero-order chi connectivity index (χ0) is 14.3. The molecule has 0 saturated carbocycles. The van der Waals surface area contributed by atoms with Gasteiger partial charge in [0.05, 0.1) is 13.0 Å². The Morgan fingerprint density at radius 2 is 2.21 bits per heavy atom. The number of nitrogens with zero attached hydrogens (tertiary/aromatic N) is 2. The van der Waals surface area contributed by atoms with Gasteiger partial charge in [0, 0.05) is 13.0 Å². The molecule has 106 valence electrons. The number of aromatic nitrogens is 2. The van der Waals surface area contributed by atoms with Gasteiger partial charge >= 0.3 is 12.0 Å². The van der Waals surface area contributed by atoms with Gasteiger partial charge in [-0.1, -0.05) is 18.5 Å². The maximum atomic E-state index is 11.6. The van der Waals surface area contributed by atoms with Crippen molar-refractivity contribution >= 4 is 12.0 Å². The quantitative estimate of drug-likeness (QED) is 0.675. The summed E-state index contributed by atoms with van der Waals surface area (Å²) in [6.07, 6.45) is 1.31. The van der Waals surface area contributed by atoms with Crippen LogP contribution in [0.25, 0.3) is 0 Å². The molecule has 0 bridgehead atoms. The lowest BCUT2D eigenvalue weighted by Gasteiger charge is -2.16. The Balaban J connectivity index is 2.37. The molecule has 0 aliphatic carbocycles. The second kappa shape index (κ2) is 7.34. The predicted molar refractivity (Wildman–Crippen MR) is 65.4 cm³/mol. The van der Waals surface area contributed by atoms with E-state index < -0.39 is 12.0 Å². The van der Waals surface area contributed by atoms with Crippen molar-refractivity contribution in [3.05, 3.63) is 11.7 Å². The summed E-state index contributed by atoms with van der Waals surface area (Å²) in [6.45, 7) is 3.71. The van der Waals surface area contributed by atoms with E-state index in [1.165, 1.54) is 0 Å². The molecule has 1 unspecified atom stereocenters.